The molecular weight excluding hydrogens is 204 g/mol. The molecule has 1 saturated heterocycles. The summed E-state index contributed by atoms with van der Waals surface area (Å²) in [6.07, 6.45) is 2.44. The lowest BCUT2D eigenvalue weighted by atomic mass is 10.1. The summed E-state index contributed by atoms with van der Waals surface area (Å²) in [7, 11) is 0. The van der Waals surface area contributed by atoms with E-state index >= 15 is 0 Å². The third-order valence-corrected chi connectivity index (χ3v) is 2.82. The van der Waals surface area contributed by atoms with Crippen molar-refractivity contribution in [2.45, 2.75) is 6.42 Å². The molecule has 1 atom stereocenters. The second kappa shape index (κ2) is 4.19. The Morgan fingerprint density at radius 1 is 1.62 bits per heavy atom. The first-order valence-electron chi connectivity index (χ1n) is 5.11. The van der Waals surface area contributed by atoms with Crippen molar-refractivity contribution in [1.82, 2.24) is 4.98 Å². The van der Waals surface area contributed by atoms with E-state index in [0.717, 1.165) is 18.7 Å². The van der Waals surface area contributed by atoms with Gasteiger partial charge in [-0.15, -0.1) is 0 Å². The van der Waals surface area contributed by atoms with Crippen molar-refractivity contribution in [1.29, 1.82) is 5.26 Å². The molecule has 2 heterocycles. The molecule has 1 aliphatic rings. The largest absolute Gasteiger partial charge is 0.369 e. The fraction of sp³-hybridized carbons (Fsp3) is 0.364. The lowest BCUT2D eigenvalue weighted by Gasteiger charge is -2.17. The molecule has 1 fully saturated rings. The SMILES string of the molecule is N#Cc1ccc(N2CCC(C(N)=O)C2)cn1. The molecule has 0 aliphatic carbocycles. The van der Waals surface area contributed by atoms with E-state index in [2.05, 4.69) is 9.88 Å². The van der Waals surface area contributed by atoms with E-state index in [1.54, 1.807) is 12.3 Å². The number of primary amides is 1. The van der Waals surface area contributed by atoms with Gasteiger partial charge in [-0.2, -0.15) is 5.26 Å². The molecule has 16 heavy (non-hydrogen) atoms. The van der Waals surface area contributed by atoms with Crippen molar-refractivity contribution in [2.75, 3.05) is 18.0 Å². The summed E-state index contributed by atoms with van der Waals surface area (Å²) in [5, 5.41) is 8.62. The molecule has 2 rings (SSSR count). The molecule has 1 unspecified atom stereocenters. The summed E-state index contributed by atoms with van der Waals surface area (Å²) in [6.45, 7) is 1.45. The molecule has 0 radical (unpaired) electrons. The standard InChI is InChI=1S/C11H12N4O/c12-5-9-1-2-10(6-14-9)15-4-3-8(7-15)11(13)16/h1-2,6,8H,3-4,7H2,(H2,13,16). The number of hydrogen-bond donors (Lipinski definition) is 1. The summed E-state index contributed by atoms with van der Waals surface area (Å²) in [6, 6.07) is 5.48. The van der Waals surface area contributed by atoms with Gasteiger partial charge in [-0.1, -0.05) is 0 Å². The van der Waals surface area contributed by atoms with Crippen LogP contribution < -0.4 is 10.6 Å². The highest BCUT2D eigenvalue weighted by molar-refractivity contribution is 5.78. The number of carbonyl (C=O) groups excluding carboxylic acids is 1. The molecule has 0 bridgehead atoms. The fourth-order valence-electron chi connectivity index (χ4n) is 1.87. The van der Waals surface area contributed by atoms with Crippen molar-refractivity contribution >= 4 is 11.6 Å². The van der Waals surface area contributed by atoms with Crippen molar-refractivity contribution in [3.63, 3.8) is 0 Å². The minimum absolute atomic E-state index is 0.0735. The fourth-order valence-corrected chi connectivity index (χ4v) is 1.87. The van der Waals surface area contributed by atoms with Gasteiger partial charge in [-0.25, -0.2) is 4.98 Å². The van der Waals surface area contributed by atoms with Crippen molar-refractivity contribution in [3.8, 4) is 6.07 Å². The molecule has 0 spiro atoms. The Hall–Kier alpha value is -2.09. The lowest BCUT2D eigenvalue weighted by molar-refractivity contribution is -0.121. The Bertz CT molecular complexity index is 434. The third-order valence-electron chi connectivity index (χ3n) is 2.82. The van der Waals surface area contributed by atoms with E-state index in [-0.39, 0.29) is 11.8 Å². The Balaban J connectivity index is 2.09. The van der Waals surface area contributed by atoms with E-state index in [9.17, 15) is 4.79 Å². The first-order valence-corrected chi connectivity index (χ1v) is 5.11. The van der Waals surface area contributed by atoms with Gasteiger partial charge in [-0.05, 0) is 18.6 Å². The van der Waals surface area contributed by atoms with E-state index in [1.165, 1.54) is 0 Å². The van der Waals surface area contributed by atoms with E-state index in [4.69, 9.17) is 11.0 Å². The summed E-state index contributed by atoms with van der Waals surface area (Å²) in [4.78, 5) is 17.1. The Morgan fingerprint density at radius 2 is 2.44 bits per heavy atom. The second-order valence-electron chi connectivity index (χ2n) is 3.85. The third kappa shape index (κ3) is 1.96. The summed E-state index contributed by atoms with van der Waals surface area (Å²) in [5.74, 6) is -0.320. The molecule has 5 heteroatoms. The first-order chi connectivity index (χ1) is 7.70. The molecule has 1 aromatic rings. The van der Waals surface area contributed by atoms with Gasteiger partial charge in [0.05, 0.1) is 17.8 Å². The molecule has 0 saturated carbocycles. The van der Waals surface area contributed by atoms with E-state index < -0.39 is 0 Å². The van der Waals surface area contributed by atoms with Gasteiger partial charge in [0.2, 0.25) is 5.91 Å². The number of pyridine rings is 1. The van der Waals surface area contributed by atoms with Crippen LogP contribution in [0.1, 0.15) is 12.1 Å². The zero-order valence-corrected chi connectivity index (χ0v) is 8.76. The summed E-state index contributed by atoms with van der Waals surface area (Å²) < 4.78 is 0. The average molecular weight is 216 g/mol. The minimum atomic E-state index is -0.246. The van der Waals surface area contributed by atoms with Crippen LogP contribution in [0.3, 0.4) is 0 Å². The summed E-state index contributed by atoms with van der Waals surface area (Å²) in [5.41, 5.74) is 6.59. The number of rotatable bonds is 2. The molecule has 1 amide bonds. The Kier molecular flexibility index (Phi) is 2.73. The topological polar surface area (TPSA) is 83.0 Å². The highest BCUT2D eigenvalue weighted by atomic mass is 16.1. The van der Waals surface area contributed by atoms with Crippen LogP contribution in [-0.2, 0) is 4.79 Å². The number of amides is 1. The van der Waals surface area contributed by atoms with Gasteiger partial charge >= 0.3 is 0 Å². The average Bonchev–Trinajstić information content (AvgIpc) is 2.78. The zero-order valence-electron chi connectivity index (χ0n) is 8.76. The van der Waals surface area contributed by atoms with Crippen molar-refractivity contribution in [2.24, 2.45) is 11.7 Å². The highest BCUT2D eigenvalue weighted by Gasteiger charge is 2.26. The van der Waals surface area contributed by atoms with Crippen LogP contribution in [0.4, 0.5) is 5.69 Å². The van der Waals surface area contributed by atoms with Crippen LogP contribution in [0.15, 0.2) is 18.3 Å². The van der Waals surface area contributed by atoms with Crippen LogP contribution in [0.25, 0.3) is 0 Å². The molecule has 0 aromatic carbocycles. The minimum Gasteiger partial charge on any atom is -0.369 e. The quantitative estimate of drug-likeness (QED) is 0.768. The number of carbonyl (C=O) groups is 1. The molecule has 1 aliphatic heterocycles. The number of nitriles is 1. The van der Waals surface area contributed by atoms with E-state index in [1.807, 2.05) is 12.1 Å². The zero-order chi connectivity index (χ0) is 11.5. The first kappa shape index (κ1) is 10.4. The predicted molar refractivity (Wildman–Crippen MR) is 58.5 cm³/mol. The normalized spacial score (nSPS) is 19.4. The molecule has 5 nitrogen and oxygen atoms in total. The molecule has 82 valence electrons. The number of aromatic nitrogens is 1. The van der Waals surface area contributed by atoms with Gasteiger partial charge in [0.1, 0.15) is 11.8 Å². The number of anilines is 1. The lowest BCUT2D eigenvalue weighted by Crippen LogP contribution is -2.27. The van der Waals surface area contributed by atoms with Crippen LogP contribution in [0.5, 0.6) is 0 Å². The van der Waals surface area contributed by atoms with Crippen LogP contribution >= 0.6 is 0 Å². The van der Waals surface area contributed by atoms with Crippen molar-refractivity contribution < 1.29 is 4.79 Å². The van der Waals surface area contributed by atoms with Crippen LogP contribution in [0.2, 0.25) is 0 Å². The number of hydrogen-bond acceptors (Lipinski definition) is 4. The molecule has 1 aromatic heterocycles. The smallest absolute Gasteiger partial charge is 0.222 e. The Labute approximate surface area is 93.5 Å². The van der Waals surface area contributed by atoms with E-state index in [0.29, 0.717) is 12.2 Å². The maximum Gasteiger partial charge on any atom is 0.222 e. The second-order valence-corrected chi connectivity index (χ2v) is 3.85. The maximum absolute atomic E-state index is 11.0. The van der Waals surface area contributed by atoms with Gasteiger partial charge in [-0.3, -0.25) is 4.79 Å². The number of nitrogens with two attached hydrogens (primary N) is 1. The molecule has 2 N–H and O–H groups in total. The number of nitrogens with zero attached hydrogens (tertiary/aromatic N) is 3. The van der Waals surface area contributed by atoms with Crippen LogP contribution in [0, 0.1) is 17.2 Å². The molecular formula is C11H12N4O. The Morgan fingerprint density at radius 3 is 2.94 bits per heavy atom. The monoisotopic (exact) mass is 216 g/mol. The van der Waals surface area contributed by atoms with Gasteiger partial charge < -0.3 is 10.6 Å². The van der Waals surface area contributed by atoms with Crippen molar-refractivity contribution in [3.05, 3.63) is 24.0 Å². The maximum atomic E-state index is 11.0. The van der Waals surface area contributed by atoms with Gasteiger partial charge in [0.15, 0.2) is 0 Å². The van der Waals surface area contributed by atoms with Crippen LogP contribution in [-0.4, -0.2) is 24.0 Å². The highest BCUT2D eigenvalue weighted by Crippen LogP contribution is 2.22. The van der Waals surface area contributed by atoms with Gasteiger partial charge in [0, 0.05) is 13.1 Å². The predicted octanol–water partition coefficient (Wildman–Crippen LogP) is 0.265. The van der Waals surface area contributed by atoms with Gasteiger partial charge in [0.25, 0.3) is 0 Å². The summed E-state index contributed by atoms with van der Waals surface area (Å²) >= 11 is 0.